The summed E-state index contributed by atoms with van der Waals surface area (Å²) in [4.78, 5) is 29.8. The van der Waals surface area contributed by atoms with Crippen LogP contribution >= 0.6 is 22.9 Å². The number of halogens is 1. The molecule has 0 saturated carbocycles. The van der Waals surface area contributed by atoms with Crippen molar-refractivity contribution in [2.75, 3.05) is 20.6 Å². The Morgan fingerprint density at radius 3 is 2.72 bits per heavy atom. The van der Waals surface area contributed by atoms with E-state index in [1.807, 2.05) is 37.4 Å². The summed E-state index contributed by atoms with van der Waals surface area (Å²) in [6.07, 6.45) is 3.27. The minimum atomic E-state index is -0.145. The van der Waals surface area contributed by atoms with Gasteiger partial charge in [0, 0.05) is 49.7 Å². The molecule has 0 radical (unpaired) electrons. The number of benzene rings is 1. The van der Waals surface area contributed by atoms with E-state index in [9.17, 15) is 9.59 Å². The summed E-state index contributed by atoms with van der Waals surface area (Å²) >= 11 is 7.88. The summed E-state index contributed by atoms with van der Waals surface area (Å²) in [5, 5.41) is 4.55. The van der Waals surface area contributed by atoms with E-state index in [-0.39, 0.29) is 17.7 Å². The lowest BCUT2D eigenvalue weighted by molar-refractivity contribution is -0.127. The van der Waals surface area contributed by atoms with Crippen molar-refractivity contribution in [3.8, 4) is 11.1 Å². The second-order valence-electron chi connectivity index (χ2n) is 7.94. The molecule has 4 rings (SSSR count). The van der Waals surface area contributed by atoms with Crippen molar-refractivity contribution in [3.63, 3.8) is 0 Å². The van der Waals surface area contributed by atoms with E-state index in [0.717, 1.165) is 27.1 Å². The Bertz CT molecular complexity index is 1200. The third kappa shape index (κ3) is 3.98. The van der Waals surface area contributed by atoms with Gasteiger partial charge >= 0.3 is 0 Å². The van der Waals surface area contributed by atoms with Crippen molar-refractivity contribution in [3.05, 3.63) is 75.2 Å². The maximum atomic E-state index is 12.9. The van der Waals surface area contributed by atoms with Crippen molar-refractivity contribution < 1.29 is 9.59 Å². The molecule has 0 bridgehead atoms. The van der Waals surface area contributed by atoms with Gasteiger partial charge in [-0.2, -0.15) is 5.10 Å². The van der Waals surface area contributed by atoms with Gasteiger partial charge < -0.3 is 9.80 Å². The molecule has 0 fully saturated rings. The summed E-state index contributed by atoms with van der Waals surface area (Å²) in [6.45, 7) is 7.34. The number of aromatic nitrogens is 2. The first-order valence-electron chi connectivity index (χ1n) is 10.4. The average Bonchev–Trinajstić information content (AvgIpc) is 3.39. The summed E-state index contributed by atoms with van der Waals surface area (Å²) in [5.41, 5.74) is 4.31. The van der Waals surface area contributed by atoms with Crippen LogP contribution in [0.4, 0.5) is 0 Å². The Hall–Kier alpha value is -2.90. The first-order chi connectivity index (χ1) is 15.3. The monoisotopic (exact) mass is 468 g/mol. The van der Waals surface area contributed by atoms with E-state index < -0.39 is 0 Å². The lowest BCUT2D eigenvalue weighted by Gasteiger charge is -2.33. The van der Waals surface area contributed by atoms with Crippen LogP contribution in [0.25, 0.3) is 11.1 Å². The molecule has 2 amide bonds. The zero-order valence-corrected chi connectivity index (χ0v) is 19.9. The van der Waals surface area contributed by atoms with Crippen LogP contribution in [0.3, 0.4) is 0 Å². The van der Waals surface area contributed by atoms with Crippen molar-refractivity contribution in [2.45, 2.75) is 25.9 Å². The van der Waals surface area contributed by atoms with Crippen molar-refractivity contribution >= 4 is 34.8 Å². The number of nitrogens with zero attached hydrogens (tertiary/aromatic N) is 4. The van der Waals surface area contributed by atoms with Gasteiger partial charge in [0.1, 0.15) is 0 Å². The standard InChI is InChI=1S/C24H25ClN4O2S/c1-5-22(30)28-12-18(17-11-21(25)32-20(17)14-28)15-9-7-8-10-16(15)19-13-29(6-2)26-23(19)24(31)27(3)4/h5,7-11,13,18H,1,6,12,14H2,2-4H3. The van der Waals surface area contributed by atoms with Crippen LogP contribution in [0.5, 0.6) is 0 Å². The quantitative estimate of drug-likeness (QED) is 0.512. The molecule has 0 spiro atoms. The molecule has 0 N–H and O–H groups in total. The Balaban J connectivity index is 1.88. The molecule has 166 valence electrons. The van der Waals surface area contributed by atoms with Gasteiger partial charge in [0.05, 0.1) is 10.9 Å². The third-order valence-corrected chi connectivity index (χ3v) is 7.00. The molecule has 6 nitrogen and oxygen atoms in total. The van der Waals surface area contributed by atoms with Crippen LogP contribution in [-0.2, 0) is 17.9 Å². The highest BCUT2D eigenvalue weighted by atomic mass is 35.5. The smallest absolute Gasteiger partial charge is 0.274 e. The van der Waals surface area contributed by atoms with E-state index in [4.69, 9.17) is 11.6 Å². The molecule has 1 unspecified atom stereocenters. The zero-order chi connectivity index (χ0) is 23.0. The fraction of sp³-hybridized carbons (Fsp3) is 0.292. The second kappa shape index (κ2) is 8.92. The highest BCUT2D eigenvalue weighted by molar-refractivity contribution is 7.16. The highest BCUT2D eigenvalue weighted by Crippen LogP contribution is 2.43. The van der Waals surface area contributed by atoms with E-state index in [2.05, 4.69) is 17.7 Å². The summed E-state index contributed by atoms with van der Waals surface area (Å²) in [5.74, 6) is -0.326. The van der Waals surface area contributed by atoms with Crippen molar-refractivity contribution in [1.29, 1.82) is 0 Å². The topological polar surface area (TPSA) is 58.4 Å². The summed E-state index contributed by atoms with van der Waals surface area (Å²) in [6, 6.07) is 10.0. The summed E-state index contributed by atoms with van der Waals surface area (Å²) in [7, 11) is 3.45. The van der Waals surface area contributed by atoms with E-state index >= 15 is 0 Å². The van der Waals surface area contributed by atoms with Gasteiger partial charge in [-0.05, 0) is 35.8 Å². The first-order valence-corrected chi connectivity index (χ1v) is 11.6. The number of amides is 2. The maximum absolute atomic E-state index is 12.9. The largest absolute Gasteiger partial charge is 0.343 e. The van der Waals surface area contributed by atoms with Crippen molar-refractivity contribution in [2.24, 2.45) is 0 Å². The van der Waals surface area contributed by atoms with Gasteiger partial charge in [-0.1, -0.05) is 42.4 Å². The second-order valence-corrected chi connectivity index (χ2v) is 9.71. The van der Waals surface area contributed by atoms with E-state index in [1.165, 1.54) is 22.3 Å². The number of thiophene rings is 1. The minimum absolute atomic E-state index is 0.0742. The predicted molar refractivity (Wildman–Crippen MR) is 128 cm³/mol. The number of rotatable bonds is 5. The van der Waals surface area contributed by atoms with Crippen LogP contribution in [0, 0.1) is 0 Å². The lowest BCUT2D eigenvalue weighted by atomic mass is 9.84. The van der Waals surface area contributed by atoms with E-state index in [1.54, 1.807) is 23.7 Å². The van der Waals surface area contributed by atoms with Gasteiger partial charge in [-0.25, -0.2) is 0 Å². The molecule has 2 aromatic heterocycles. The van der Waals surface area contributed by atoms with Gasteiger partial charge in [0.15, 0.2) is 5.69 Å². The lowest BCUT2D eigenvalue weighted by Crippen LogP contribution is -2.37. The number of aryl methyl sites for hydroxylation is 1. The predicted octanol–water partition coefficient (Wildman–Crippen LogP) is 4.65. The molecule has 3 aromatic rings. The Morgan fingerprint density at radius 1 is 1.28 bits per heavy atom. The minimum Gasteiger partial charge on any atom is -0.343 e. The summed E-state index contributed by atoms with van der Waals surface area (Å²) < 4.78 is 2.48. The Morgan fingerprint density at radius 2 is 2.03 bits per heavy atom. The van der Waals surface area contributed by atoms with Crippen LogP contribution in [-0.4, -0.2) is 52.0 Å². The number of fused-ring (bicyclic) bond motifs is 1. The SMILES string of the molecule is C=CC(=O)N1Cc2sc(Cl)cc2C(c2ccccc2-c2cn(CC)nc2C(=O)N(C)C)C1. The molecule has 1 aliphatic rings. The van der Waals surface area contributed by atoms with Gasteiger partial charge in [0.2, 0.25) is 5.91 Å². The average molecular weight is 469 g/mol. The molecule has 8 heteroatoms. The molecular formula is C24H25ClN4O2S. The molecule has 0 aliphatic carbocycles. The van der Waals surface area contributed by atoms with E-state index in [0.29, 0.717) is 29.7 Å². The van der Waals surface area contributed by atoms with Crippen LogP contribution in [0.15, 0.2) is 49.2 Å². The fourth-order valence-electron chi connectivity index (χ4n) is 4.14. The number of hydrogen-bond donors (Lipinski definition) is 0. The number of carbonyl (C=O) groups is 2. The van der Waals surface area contributed by atoms with Gasteiger partial charge in [0.25, 0.3) is 5.91 Å². The Labute approximate surface area is 196 Å². The molecular weight excluding hydrogens is 444 g/mol. The first kappa shape index (κ1) is 22.3. The fourth-order valence-corrected chi connectivity index (χ4v) is 5.50. The molecule has 0 saturated heterocycles. The Kier molecular flexibility index (Phi) is 6.22. The number of hydrogen-bond acceptors (Lipinski definition) is 4. The normalized spacial score (nSPS) is 15.4. The molecule has 1 aromatic carbocycles. The van der Waals surface area contributed by atoms with Crippen LogP contribution in [0.1, 0.15) is 39.3 Å². The van der Waals surface area contributed by atoms with Crippen molar-refractivity contribution in [1.82, 2.24) is 19.6 Å². The maximum Gasteiger partial charge on any atom is 0.274 e. The van der Waals surface area contributed by atoms with Crippen LogP contribution in [0.2, 0.25) is 4.34 Å². The number of carbonyl (C=O) groups excluding carboxylic acids is 2. The zero-order valence-electron chi connectivity index (χ0n) is 18.3. The highest BCUT2D eigenvalue weighted by Gasteiger charge is 2.32. The third-order valence-electron chi connectivity index (χ3n) is 5.73. The molecule has 1 aliphatic heterocycles. The molecule has 1 atom stereocenters. The molecule has 3 heterocycles. The molecule has 32 heavy (non-hydrogen) atoms. The van der Waals surface area contributed by atoms with Gasteiger partial charge in [-0.3, -0.25) is 14.3 Å². The van der Waals surface area contributed by atoms with Gasteiger partial charge in [-0.15, -0.1) is 11.3 Å². The van der Waals surface area contributed by atoms with Crippen LogP contribution < -0.4 is 0 Å².